The number of nitrogens with zero attached hydrogens (tertiary/aromatic N) is 2. The van der Waals surface area contributed by atoms with Crippen molar-refractivity contribution in [1.82, 2.24) is 10.2 Å². The summed E-state index contributed by atoms with van der Waals surface area (Å²) in [6, 6.07) is 7.98. The van der Waals surface area contributed by atoms with Gasteiger partial charge in [0.05, 0.1) is 5.69 Å². The van der Waals surface area contributed by atoms with Gasteiger partial charge < -0.3 is 10.2 Å². The summed E-state index contributed by atoms with van der Waals surface area (Å²) in [6.45, 7) is 5.89. The molecule has 1 atom stereocenters. The number of amides is 2. The molecule has 3 rings (SSSR count). The number of para-hydroxylation sites is 1. The lowest BCUT2D eigenvalue weighted by atomic mass is 10.0. The van der Waals surface area contributed by atoms with Gasteiger partial charge in [-0.1, -0.05) is 56.7 Å². The number of thioether (sulfide) groups is 1. The zero-order valence-corrected chi connectivity index (χ0v) is 16.3. The van der Waals surface area contributed by atoms with Crippen LogP contribution >= 0.6 is 11.8 Å². The highest BCUT2D eigenvalue weighted by Crippen LogP contribution is 2.30. The number of hydrogen-bond donors (Lipinski definition) is 1. The van der Waals surface area contributed by atoms with E-state index in [-0.39, 0.29) is 23.5 Å². The van der Waals surface area contributed by atoms with E-state index in [1.165, 1.54) is 24.6 Å². The Morgan fingerprint density at radius 1 is 1.23 bits per heavy atom. The van der Waals surface area contributed by atoms with E-state index in [1.807, 2.05) is 23.1 Å². The van der Waals surface area contributed by atoms with Crippen molar-refractivity contribution in [2.45, 2.75) is 57.1 Å². The van der Waals surface area contributed by atoms with Crippen molar-refractivity contribution in [3.8, 4) is 0 Å². The third kappa shape index (κ3) is 4.67. The molecule has 0 spiro atoms. The predicted octanol–water partition coefficient (Wildman–Crippen LogP) is 3.82. The van der Waals surface area contributed by atoms with Gasteiger partial charge >= 0.3 is 0 Å². The van der Waals surface area contributed by atoms with Crippen LogP contribution in [0.4, 0.5) is 5.69 Å². The molecule has 2 amide bonds. The average Bonchev–Trinajstić information content (AvgIpc) is 2.81. The molecule has 5 nitrogen and oxygen atoms in total. The van der Waals surface area contributed by atoms with Gasteiger partial charge in [0.1, 0.15) is 5.25 Å². The Bertz CT molecular complexity index is 694. The molecule has 0 radical (unpaired) electrons. The highest BCUT2D eigenvalue weighted by atomic mass is 32.2. The Balaban J connectivity index is 1.66. The first-order valence-electron chi connectivity index (χ1n) is 9.47. The molecule has 1 unspecified atom stereocenters. The first-order chi connectivity index (χ1) is 12.5. The second-order valence-electron chi connectivity index (χ2n) is 7.23. The molecule has 0 aliphatic carbocycles. The van der Waals surface area contributed by atoms with Crippen molar-refractivity contribution in [2.24, 2.45) is 4.99 Å². The minimum atomic E-state index is -0.379. The van der Waals surface area contributed by atoms with Crippen molar-refractivity contribution in [2.75, 3.05) is 13.1 Å². The summed E-state index contributed by atoms with van der Waals surface area (Å²) in [4.78, 5) is 31.4. The second-order valence-corrected chi connectivity index (χ2v) is 8.42. The lowest BCUT2D eigenvalue weighted by Crippen LogP contribution is -2.35. The standard InChI is InChI=1S/C20H27N3O2S/c1-14(2)15-9-5-6-10-16(15)21-20-22-19(25)17(26-20)13-18(24)23-11-7-3-4-8-12-23/h5-6,9-10,14,17H,3-4,7-8,11-13H2,1-2H3,(H,21,22,25). The van der Waals surface area contributed by atoms with Crippen LogP contribution in [0.25, 0.3) is 0 Å². The molecule has 2 saturated heterocycles. The smallest absolute Gasteiger partial charge is 0.240 e. The Hall–Kier alpha value is -1.82. The molecule has 140 valence electrons. The number of likely N-dealkylation sites (tertiary alicyclic amines) is 1. The number of carbonyl (C=O) groups is 2. The van der Waals surface area contributed by atoms with E-state index < -0.39 is 0 Å². The fraction of sp³-hybridized carbons (Fsp3) is 0.550. The molecule has 26 heavy (non-hydrogen) atoms. The van der Waals surface area contributed by atoms with E-state index in [0.29, 0.717) is 11.1 Å². The van der Waals surface area contributed by atoms with Gasteiger partial charge in [0.2, 0.25) is 11.8 Å². The van der Waals surface area contributed by atoms with E-state index in [4.69, 9.17) is 0 Å². The van der Waals surface area contributed by atoms with E-state index >= 15 is 0 Å². The first kappa shape index (κ1) is 19.0. The zero-order chi connectivity index (χ0) is 18.5. The summed E-state index contributed by atoms with van der Waals surface area (Å²) < 4.78 is 0. The zero-order valence-electron chi connectivity index (χ0n) is 15.5. The third-order valence-electron chi connectivity index (χ3n) is 4.88. The largest absolute Gasteiger partial charge is 0.343 e. The molecule has 1 aromatic rings. The van der Waals surface area contributed by atoms with E-state index in [1.54, 1.807) is 0 Å². The Kier molecular flexibility index (Phi) is 6.35. The maximum absolute atomic E-state index is 12.6. The number of nitrogens with one attached hydrogen (secondary N) is 1. The lowest BCUT2D eigenvalue weighted by Gasteiger charge is -2.21. The molecule has 6 heteroatoms. The molecule has 2 aliphatic rings. The highest BCUT2D eigenvalue weighted by Gasteiger charge is 2.33. The number of aliphatic imine (C=N–C) groups is 1. The SMILES string of the molecule is CC(C)c1ccccc1N=C1NC(=O)C(CC(=O)N2CCCCCC2)S1. The van der Waals surface area contributed by atoms with Crippen molar-refractivity contribution >= 4 is 34.4 Å². The van der Waals surface area contributed by atoms with Crippen LogP contribution in [-0.4, -0.2) is 40.2 Å². The summed E-state index contributed by atoms with van der Waals surface area (Å²) in [5, 5.41) is 3.06. The van der Waals surface area contributed by atoms with Crippen LogP contribution in [0.1, 0.15) is 57.4 Å². The van der Waals surface area contributed by atoms with Gasteiger partial charge in [-0.2, -0.15) is 0 Å². The van der Waals surface area contributed by atoms with Gasteiger partial charge in [-0.05, 0) is 30.4 Å². The summed E-state index contributed by atoms with van der Waals surface area (Å²) in [5.74, 6) is 0.334. The Labute approximate surface area is 159 Å². The first-order valence-corrected chi connectivity index (χ1v) is 10.4. The Morgan fingerprint density at radius 2 is 1.92 bits per heavy atom. The maximum Gasteiger partial charge on any atom is 0.240 e. The quantitative estimate of drug-likeness (QED) is 0.873. The highest BCUT2D eigenvalue weighted by molar-refractivity contribution is 8.15. The second kappa shape index (κ2) is 8.71. The molecule has 0 aromatic heterocycles. The van der Waals surface area contributed by atoms with Crippen LogP contribution in [0.15, 0.2) is 29.3 Å². The molecule has 1 aromatic carbocycles. The fourth-order valence-corrected chi connectivity index (χ4v) is 4.36. The molecule has 0 saturated carbocycles. The lowest BCUT2D eigenvalue weighted by molar-refractivity contribution is -0.132. The van der Waals surface area contributed by atoms with Gasteiger partial charge in [-0.25, -0.2) is 4.99 Å². The summed E-state index contributed by atoms with van der Waals surface area (Å²) in [6.07, 6.45) is 4.76. The number of amidine groups is 1. The summed E-state index contributed by atoms with van der Waals surface area (Å²) >= 11 is 1.37. The fourth-order valence-electron chi connectivity index (χ4n) is 3.39. The van der Waals surface area contributed by atoms with Gasteiger partial charge in [-0.15, -0.1) is 0 Å². The molecule has 1 N–H and O–H groups in total. The molecule has 2 aliphatic heterocycles. The number of carbonyl (C=O) groups excluding carboxylic acids is 2. The van der Waals surface area contributed by atoms with Gasteiger partial charge in [-0.3, -0.25) is 9.59 Å². The molecule has 2 fully saturated rings. The van der Waals surface area contributed by atoms with Crippen molar-refractivity contribution in [3.05, 3.63) is 29.8 Å². The maximum atomic E-state index is 12.6. The number of rotatable bonds is 4. The number of benzene rings is 1. The predicted molar refractivity (Wildman–Crippen MR) is 107 cm³/mol. The Morgan fingerprint density at radius 3 is 2.62 bits per heavy atom. The number of hydrogen-bond acceptors (Lipinski definition) is 4. The molecule has 2 heterocycles. The van der Waals surface area contributed by atoms with Gasteiger partial charge in [0, 0.05) is 19.5 Å². The summed E-state index contributed by atoms with van der Waals surface area (Å²) in [5.41, 5.74) is 2.03. The van der Waals surface area contributed by atoms with Crippen LogP contribution in [0, 0.1) is 0 Å². The molecular weight excluding hydrogens is 346 g/mol. The van der Waals surface area contributed by atoms with Gasteiger partial charge in [0.15, 0.2) is 5.17 Å². The van der Waals surface area contributed by atoms with E-state index in [2.05, 4.69) is 30.2 Å². The van der Waals surface area contributed by atoms with E-state index in [0.717, 1.165) is 37.2 Å². The molecule has 0 bridgehead atoms. The van der Waals surface area contributed by atoms with Crippen LogP contribution in [0.5, 0.6) is 0 Å². The van der Waals surface area contributed by atoms with Crippen LogP contribution < -0.4 is 5.32 Å². The normalized spacial score (nSPS) is 22.6. The third-order valence-corrected chi connectivity index (χ3v) is 5.96. The minimum absolute atomic E-state index is 0.0865. The van der Waals surface area contributed by atoms with Crippen LogP contribution in [0.3, 0.4) is 0 Å². The monoisotopic (exact) mass is 373 g/mol. The summed E-state index contributed by atoms with van der Waals surface area (Å²) in [7, 11) is 0. The minimum Gasteiger partial charge on any atom is -0.343 e. The van der Waals surface area contributed by atoms with Crippen LogP contribution in [0.2, 0.25) is 0 Å². The van der Waals surface area contributed by atoms with Gasteiger partial charge in [0.25, 0.3) is 0 Å². The van der Waals surface area contributed by atoms with Crippen molar-refractivity contribution < 1.29 is 9.59 Å². The average molecular weight is 374 g/mol. The topological polar surface area (TPSA) is 61.8 Å². The van der Waals surface area contributed by atoms with Crippen molar-refractivity contribution in [3.63, 3.8) is 0 Å². The van der Waals surface area contributed by atoms with E-state index in [9.17, 15) is 9.59 Å². The van der Waals surface area contributed by atoms with Crippen molar-refractivity contribution in [1.29, 1.82) is 0 Å². The molecular formula is C20H27N3O2S. The van der Waals surface area contributed by atoms with Crippen LogP contribution in [-0.2, 0) is 9.59 Å².